The van der Waals surface area contributed by atoms with E-state index in [1.807, 2.05) is 6.08 Å². The molecule has 0 radical (unpaired) electrons. The first kappa shape index (κ1) is 42.4. The molecule has 11 atom stereocenters. The number of ether oxygens (including phenoxy) is 5. The van der Waals surface area contributed by atoms with Crippen LogP contribution in [0.3, 0.4) is 0 Å². The van der Waals surface area contributed by atoms with E-state index in [4.69, 9.17) is 23.7 Å². The van der Waals surface area contributed by atoms with Crippen LogP contribution in [0.15, 0.2) is 47.6 Å². The second kappa shape index (κ2) is 16.8. The van der Waals surface area contributed by atoms with Crippen molar-refractivity contribution in [3.63, 3.8) is 0 Å². The van der Waals surface area contributed by atoms with E-state index in [1.165, 1.54) is 57.6 Å². The summed E-state index contributed by atoms with van der Waals surface area (Å²) in [7, 11) is 0. The molecule has 1 aliphatic heterocycles. The maximum absolute atomic E-state index is 12.7. The highest BCUT2D eigenvalue weighted by Gasteiger charge is 2.56. The number of hydrogen-bond donors (Lipinski definition) is 0. The molecule has 0 aromatic heterocycles. The molecule has 8 nitrogen and oxygen atoms in total. The van der Waals surface area contributed by atoms with Crippen LogP contribution in [0.25, 0.3) is 0 Å². The predicted molar refractivity (Wildman–Crippen MR) is 211 cm³/mol. The van der Waals surface area contributed by atoms with E-state index in [0.29, 0.717) is 42.1 Å². The van der Waals surface area contributed by atoms with Crippen LogP contribution in [0.2, 0.25) is 0 Å². The largest absolute Gasteiger partial charge is 0.461 e. The van der Waals surface area contributed by atoms with E-state index in [-0.39, 0.29) is 40.8 Å². The average Bonchev–Trinajstić information content (AvgIpc) is 3.47. The van der Waals surface area contributed by atoms with Gasteiger partial charge in [0.25, 0.3) is 0 Å². The van der Waals surface area contributed by atoms with E-state index in [0.717, 1.165) is 50.5 Å². The van der Waals surface area contributed by atoms with Crippen molar-refractivity contribution in [1.82, 2.24) is 0 Å². The lowest BCUT2D eigenvalue weighted by Gasteiger charge is -2.59. The molecule has 1 heterocycles. The summed E-state index contributed by atoms with van der Waals surface area (Å²) in [6, 6.07) is 0. The maximum Gasteiger partial charge on any atom is 0.304 e. The number of esters is 3. The number of hydrogen-bond acceptors (Lipinski definition) is 8. The molecule has 11 unspecified atom stereocenters. The van der Waals surface area contributed by atoms with Crippen LogP contribution in [0.4, 0.5) is 0 Å². The smallest absolute Gasteiger partial charge is 0.304 e. The monoisotopic (exact) mass is 751 g/mol. The summed E-state index contributed by atoms with van der Waals surface area (Å²) in [5, 5.41) is 0. The molecule has 0 aromatic rings. The fraction of sp³-hybridized carbons (Fsp3) is 0.761. The second-order valence-corrected chi connectivity index (χ2v) is 18.7. The number of carbonyl (C=O) groups excluding carboxylic acids is 3. The van der Waals surface area contributed by atoms with Crippen molar-refractivity contribution in [1.29, 1.82) is 0 Å². The minimum absolute atomic E-state index is 0.0122. The Hall–Kier alpha value is -2.71. The number of fused-ring (bicyclic) bond motifs is 2. The van der Waals surface area contributed by atoms with Gasteiger partial charge in [-0.2, -0.15) is 0 Å². The summed E-state index contributed by atoms with van der Waals surface area (Å²) in [6.07, 6.45) is 15.4. The minimum Gasteiger partial charge on any atom is -0.461 e. The van der Waals surface area contributed by atoms with Gasteiger partial charge in [0.05, 0.1) is 6.61 Å². The topological polar surface area (TPSA) is 97.4 Å². The molecule has 5 rings (SSSR count). The van der Waals surface area contributed by atoms with Crippen molar-refractivity contribution in [3.05, 3.63) is 47.6 Å². The fourth-order valence-corrected chi connectivity index (χ4v) is 11.7. The molecule has 0 aromatic carbocycles. The van der Waals surface area contributed by atoms with E-state index in [9.17, 15) is 14.4 Å². The number of carbonyl (C=O) groups is 3. The van der Waals surface area contributed by atoms with E-state index in [1.54, 1.807) is 0 Å². The minimum atomic E-state index is -0.736. The van der Waals surface area contributed by atoms with Gasteiger partial charge in [-0.1, -0.05) is 78.0 Å². The quantitative estimate of drug-likeness (QED) is 0.110. The van der Waals surface area contributed by atoms with Crippen LogP contribution in [0.5, 0.6) is 0 Å². The van der Waals surface area contributed by atoms with Gasteiger partial charge in [-0.05, 0) is 128 Å². The van der Waals surface area contributed by atoms with Crippen LogP contribution in [-0.4, -0.2) is 49.8 Å². The Morgan fingerprint density at radius 3 is 1.96 bits per heavy atom. The Morgan fingerprint density at radius 1 is 0.833 bits per heavy atom. The third-order valence-corrected chi connectivity index (χ3v) is 15.6. The lowest BCUT2D eigenvalue weighted by molar-refractivity contribution is -0.200. The van der Waals surface area contributed by atoms with Crippen molar-refractivity contribution in [2.45, 2.75) is 164 Å². The van der Waals surface area contributed by atoms with Crippen LogP contribution >= 0.6 is 0 Å². The summed E-state index contributed by atoms with van der Waals surface area (Å²) in [4.78, 5) is 36.8. The Labute approximate surface area is 325 Å². The number of rotatable bonds is 12. The van der Waals surface area contributed by atoms with Gasteiger partial charge in [0, 0.05) is 32.8 Å². The molecule has 5 aliphatic rings. The molecule has 0 spiro atoms. The molecular formula is C46H70O8. The Bertz CT molecular complexity index is 1510. The van der Waals surface area contributed by atoms with Gasteiger partial charge in [0.15, 0.2) is 6.29 Å². The summed E-state index contributed by atoms with van der Waals surface area (Å²) < 4.78 is 29.9. The molecule has 8 heteroatoms. The summed E-state index contributed by atoms with van der Waals surface area (Å²) in [6.45, 7) is 27.7. The molecule has 4 saturated carbocycles. The normalized spacial score (nSPS) is 39.7. The van der Waals surface area contributed by atoms with Crippen molar-refractivity contribution in [2.24, 2.45) is 45.3 Å². The van der Waals surface area contributed by atoms with Crippen molar-refractivity contribution in [2.75, 3.05) is 13.2 Å². The lowest BCUT2D eigenvalue weighted by Crippen LogP contribution is -2.52. The van der Waals surface area contributed by atoms with Gasteiger partial charge >= 0.3 is 17.9 Å². The van der Waals surface area contributed by atoms with Gasteiger partial charge in [0.1, 0.15) is 12.7 Å². The number of allylic oxidation sites excluding steroid dienone is 3. The predicted octanol–water partition coefficient (Wildman–Crippen LogP) is 10.4. The fourth-order valence-electron chi connectivity index (χ4n) is 11.7. The van der Waals surface area contributed by atoms with Crippen LogP contribution in [0.1, 0.15) is 146 Å². The van der Waals surface area contributed by atoms with Crippen LogP contribution in [0, 0.1) is 45.3 Å². The van der Waals surface area contributed by atoms with E-state index < -0.39 is 30.6 Å². The van der Waals surface area contributed by atoms with Gasteiger partial charge in [-0.15, -0.1) is 0 Å². The zero-order valence-corrected chi connectivity index (χ0v) is 35.0. The second-order valence-electron chi connectivity index (χ2n) is 18.7. The lowest BCUT2D eigenvalue weighted by atomic mass is 9.46. The summed E-state index contributed by atoms with van der Waals surface area (Å²) in [5.74, 6) is 0.702. The average molecular weight is 751 g/mol. The third kappa shape index (κ3) is 8.65. The first-order chi connectivity index (χ1) is 25.3. The molecule has 4 aliphatic carbocycles. The Kier molecular flexibility index (Phi) is 13.2. The molecule has 5 fully saturated rings. The van der Waals surface area contributed by atoms with E-state index >= 15 is 0 Å². The summed E-state index contributed by atoms with van der Waals surface area (Å²) in [5.41, 5.74) is 4.52. The maximum atomic E-state index is 12.7. The Balaban J connectivity index is 1.40. The van der Waals surface area contributed by atoms with E-state index in [2.05, 4.69) is 60.8 Å². The first-order valence-corrected chi connectivity index (χ1v) is 20.8. The molecule has 0 amide bonds. The molecule has 0 N–H and O–H groups in total. The van der Waals surface area contributed by atoms with Gasteiger partial charge < -0.3 is 23.7 Å². The van der Waals surface area contributed by atoms with Crippen LogP contribution in [-0.2, 0) is 38.1 Å². The molecule has 1 saturated heterocycles. The van der Waals surface area contributed by atoms with Gasteiger partial charge in [-0.25, -0.2) is 0 Å². The van der Waals surface area contributed by atoms with Crippen molar-refractivity contribution < 1.29 is 38.1 Å². The zero-order chi connectivity index (χ0) is 39.6. The first-order valence-electron chi connectivity index (χ1n) is 20.8. The summed E-state index contributed by atoms with van der Waals surface area (Å²) >= 11 is 0. The SMILES string of the molecule is C=C1CCCC2C1(C)CCC(C)C2(C)CC=C1CC(OC(C)=O)OC1OCC=C(COC(C)=O)C(CC1(C)C(C)CCC2(C)C(=C)CCCC21)OC(C)=O. The standard InChI is InChI=1S/C46H70O8/c1-29-14-12-16-39-43(29,8)22-18-31(3)45(39,10)24-20-36-26-41(53-35(7)49)54-42(36)50-25-21-37(28-51-33(5)47)38(52-34(6)48)27-46(11)32(4)19-23-44(9)30(2)15-13-17-40(44)46/h20-21,31-32,38-42H,1-2,12-19,22-28H2,3-11H3. The molecule has 302 valence electrons. The molecule has 54 heavy (non-hydrogen) atoms. The van der Waals surface area contributed by atoms with Gasteiger partial charge in [0.2, 0.25) is 6.29 Å². The third-order valence-electron chi connectivity index (χ3n) is 15.6. The Morgan fingerprint density at radius 2 is 1.41 bits per heavy atom. The zero-order valence-electron chi connectivity index (χ0n) is 35.0. The highest BCUT2D eigenvalue weighted by molar-refractivity contribution is 5.67. The highest BCUT2D eigenvalue weighted by atomic mass is 16.8. The highest BCUT2D eigenvalue weighted by Crippen LogP contribution is 2.64. The molecule has 0 bridgehead atoms. The van der Waals surface area contributed by atoms with Crippen molar-refractivity contribution in [3.8, 4) is 0 Å². The molecular weight excluding hydrogens is 680 g/mol. The van der Waals surface area contributed by atoms with Crippen molar-refractivity contribution >= 4 is 17.9 Å². The van der Waals surface area contributed by atoms with Gasteiger partial charge in [-0.3, -0.25) is 14.4 Å². The van der Waals surface area contributed by atoms with Crippen LogP contribution < -0.4 is 0 Å².